The van der Waals surface area contributed by atoms with E-state index in [0.717, 1.165) is 11.3 Å². The van der Waals surface area contributed by atoms with Crippen LogP contribution in [0, 0.1) is 0 Å². The largest absolute Gasteiger partial charge is 0.309 e. The van der Waals surface area contributed by atoms with E-state index in [1.807, 2.05) is 12.4 Å². The Morgan fingerprint density at radius 1 is 0.378 bits per heavy atom. The molecular weight excluding hydrogens is 544 g/mol. The van der Waals surface area contributed by atoms with Crippen LogP contribution in [0.3, 0.4) is 0 Å². The Balaban J connectivity index is 1.35. The first-order chi connectivity index (χ1) is 22.3. The van der Waals surface area contributed by atoms with Crippen LogP contribution in [0.5, 0.6) is 0 Å². The Hall–Kier alpha value is -5.99. The summed E-state index contributed by atoms with van der Waals surface area (Å²) in [7, 11) is 0. The van der Waals surface area contributed by atoms with Crippen molar-refractivity contribution in [1.29, 1.82) is 0 Å². The molecule has 0 unspecified atom stereocenters. The summed E-state index contributed by atoms with van der Waals surface area (Å²) in [5.74, 6) is 0. The second-order valence-electron chi connectivity index (χ2n) is 11.6. The van der Waals surface area contributed by atoms with Crippen molar-refractivity contribution in [2.75, 3.05) is 0 Å². The quantitative estimate of drug-likeness (QED) is 0.205. The van der Waals surface area contributed by atoms with Crippen LogP contribution < -0.4 is 0 Å². The monoisotopic (exact) mass is 572 g/mol. The number of fused-ring (bicyclic) bond motifs is 6. The predicted octanol–water partition coefficient (Wildman–Crippen LogP) is 11.5. The van der Waals surface area contributed by atoms with E-state index >= 15 is 0 Å². The van der Waals surface area contributed by atoms with Gasteiger partial charge in [0, 0.05) is 28.9 Å². The third-order valence-electron chi connectivity index (χ3n) is 9.06. The van der Waals surface area contributed by atoms with Crippen LogP contribution in [-0.2, 0) is 0 Å². The fraction of sp³-hybridized carbons (Fsp3) is 0. The van der Waals surface area contributed by atoms with Gasteiger partial charge >= 0.3 is 0 Å². The third kappa shape index (κ3) is 4.22. The molecule has 2 aromatic heterocycles. The molecule has 0 fully saturated rings. The van der Waals surface area contributed by atoms with Gasteiger partial charge in [-0.1, -0.05) is 109 Å². The van der Waals surface area contributed by atoms with Gasteiger partial charge in [0.1, 0.15) is 0 Å². The van der Waals surface area contributed by atoms with Crippen molar-refractivity contribution in [3.05, 3.63) is 170 Å². The summed E-state index contributed by atoms with van der Waals surface area (Å²) in [4.78, 5) is 4.22. The van der Waals surface area contributed by atoms with Gasteiger partial charge in [-0.3, -0.25) is 4.98 Å². The first-order valence-corrected chi connectivity index (χ1v) is 15.4. The van der Waals surface area contributed by atoms with Crippen molar-refractivity contribution in [3.8, 4) is 39.1 Å². The summed E-state index contributed by atoms with van der Waals surface area (Å²) in [5, 5.41) is 7.56. The molecule has 2 heterocycles. The Kier molecular flexibility index (Phi) is 5.85. The Morgan fingerprint density at radius 2 is 1.07 bits per heavy atom. The van der Waals surface area contributed by atoms with Gasteiger partial charge in [-0.05, 0) is 103 Å². The molecule has 0 atom stereocenters. The van der Waals surface area contributed by atoms with Gasteiger partial charge < -0.3 is 4.57 Å². The van der Waals surface area contributed by atoms with Crippen LogP contribution in [0.15, 0.2) is 170 Å². The molecule has 45 heavy (non-hydrogen) atoms. The lowest BCUT2D eigenvalue weighted by Crippen LogP contribution is -1.94. The highest BCUT2D eigenvalue weighted by molar-refractivity contribution is 6.24. The zero-order valence-electron chi connectivity index (χ0n) is 24.6. The van der Waals surface area contributed by atoms with Crippen molar-refractivity contribution in [1.82, 2.24) is 9.55 Å². The number of nitrogens with zero attached hydrogens (tertiary/aromatic N) is 2. The molecule has 0 N–H and O–H groups in total. The topological polar surface area (TPSA) is 17.8 Å². The molecule has 7 aromatic carbocycles. The van der Waals surface area contributed by atoms with Gasteiger partial charge in [0.25, 0.3) is 0 Å². The minimum atomic E-state index is 1.15. The Labute approximate surface area is 261 Å². The third-order valence-corrected chi connectivity index (χ3v) is 9.06. The lowest BCUT2D eigenvalue weighted by atomic mass is 9.93. The zero-order valence-corrected chi connectivity index (χ0v) is 24.6. The van der Waals surface area contributed by atoms with Crippen LogP contribution in [0.25, 0.3) is 82.4 Å². The lowest BCUT2D eigenvalue weighted by Gasteiger charge is -2.13. The summed E-state index contributed by atoms with van der Waals surface area (Å²) in [6, 6.07) is 57.3. The van der Waals surface area contributed by atoms with Gasteiger partial charge in [0.05, 0.1) is 11.0 Å². The van der Waals surface area contributed by atoms with Crippen molar-refractivity contribution >= 4 is 43.4 Å². The Bertz CT molecular complexity index is 2530. The molecule has 0 aliphatic heterocycles. The molecule has 9 aromatic rings. The molecule has 210 valence electrons. The van der Waals surface area contributed by atoms with E-state index in [2.05, 4.69) is 167 Å². The molecule has 2 nitrogen and oxygen atoms in total. The first kappa shape index (κ1) is 25.5. The van der Waals surface area contributed by atoms with Crippen molar-refractivity contribution < 1.29 is 0 Å². The molecule has 2 heteroatoms. The van der Waals surface area contributed by atoms with E-state index in [1.54, 1.807) is 0 Å². The highest BCUT2D eigenvalue weighted by Crippen LogP contribution is 2.43. The van der Waals surface area contributed by atoms with Gasteiger partial charge in [-0.15, -0.1) is 0 Å². The molecule has 0 aliphatic rings. The maximum Gasteiger partial charge on any atom is 0.0553 e. The smallest absolute Gasteiger partial charge is 0.0553 e. The zero-order chi connectivity index (χ0) is 29.7. The molecule has 0 spiro atoms. The predicted molar refractivity (Wildman–Crippen MR) is 190 cm³/mol. The first-order valence-electron chi connectivity index (χ1n) is 15.4. The molecule has 0 bridgehead atoms. The van der Waals surface area contributed by atoms with E-state index in [4.69, 9.17) is 0 Å². The summed E-state index contributed by atoms with van der Waals surface area (Å²) < 4.78 is 2.44. The van der Waals surface area contributed by atoms with Crippen LogP contribution in [0.4, 0.5) is 0 Å². The van der Waals surface area contributed by atoms with Crippen molar-refractivity contribution in [3.63, 3.8) is 0 Å². The average molecular weight is 573 g/mol. The van der Waals surface area contributed by atoms with E-state index in [0.29, 0.717) is 0 Å². The van der Waals surface area contributed by atoms with Gasteiger partial charge in [-0.2, -0.15) is 0 Å². The number of benzene rings is 7. The lowest BCUT2D eigenvalue weighted by molar-refractivity contribution is 1.18. The summed E-state index contributed by atoms with van der Waals surface area (Å²) in [6.07, 6.45) is 3.71. The molecule has 0 radical (unpaired) electrons. The van der Waals surface area contributed by atoms with Gasteiger partial charge in [0.15, 0.2) is 0 Å². The number of hydrogen-bond donors (Lipinski definition) is 0. The number of hydrogen-bond acceptors (Lipinski definition) is 1. The Morgan fingerprint density at radius 3 is 1.93 bits per heavy atom. The molecule has 0 aliphatic carbocycles. The SMILES string of the molecule is c1ccc(-n2c3cc(-c4ccc5ccccc5c4)ccc3c3c4ccccc4c(-c4cccc(-c5ccncc5)c4)cc32)cc1. The van der Waals surface area contributed by atoms with Gasteiger partial charge in [0.2, 0.25) is 0 Å². The molecule has 0 saturated heterocycles. The maximum atomic E-state index is 4.22. The second-order valence-corrected chi connectivity index (χ2v) is 11.6. The number of rotatable bonds is 4. The maximum absolute atomic E-state index is 4.22. The highest BCUT2D eigenvalue weighted by Gasteiger charge is 2.19. The number of aromatic nitrogens is 2. The fourth-order valence-corrected chi connectivity index (χ4v) is 6.93. The van der Waals surface area contributed by atoms with Crippen LogP contribution >= 0.6 is 0 Å². The molecule has 0 amide bonds. The molecular formula is C43H28N2. The van der Waals surface area contributed by atoms with E-state index < -0.39 is 0 Å². The van der Waals surface area contributed by atoms with E-state index in [9.17, 15) is 0 Å². The fourth-order valence-electron chi connectivity index (χ4n) is 6.93. The van der Waals surface area contributed by atoms with Crippen LogP contribution in [-0.4, -0.2) is 9.55 Å². The molecule has 9 rings (SSSR count). The standard InChI is InChI=1S/C43H28N2/c1-2-13-36(14-3-1)45-41-27-34(33-18-17-29-9-4-5-10-31(29)25-33)19-20-39(41)43-38-16-7-6-15-37(38)40(28-42(43)45)35-12-8-11-32(26-35)30-21-23-44-24-22-30/h1-28H. The van der Waals surface area contributed by atoms with Crippen molar-refractivity contribution in [2.45, 2.75) is 0 Å². The summed E-state index contributed by atoms with van der Waals surface area (Å²) in [6.45, 7) is 0. The van der Waals surface area contributed by atoms with Crippen LogP contribution in [0.1, 0.15) is 0 Å². The summed E-state index contributed by atoms with van der Waals surface area (Å²) >= 11 is 0. The van der Waals surface area contributed by atoms with Gasteiger partial charge in [-0.25, -0.2) is 0 Å². The summed E-state index contributed by atoms with van der Waals surface area (Å²) in [5.41, 5.74) is 10.8. The second kappa shape index (κ2) is 10.3. The van der Waals surface area contributed by atoms with E-state index in [-0.39, 0.29) is 0 Å². The number of pyridine rings is 1. The highest BCUT2D eigenvalue weighted by atomic mass is 15.0. The number of para-hydroxylation sites is 1. The minimum Gasteiger partial charge on any atom is -0.309 e. The normalized spacial score (nSPS) is 11.6. The minimum absolute atomic E-state index is 1.15. The van der Waals surface area contributed by atoms with E-state index in [1.165, 1.54) is 71.2 Å². The van der Waals surface area contributed by atoms with Crippen molar-refractivity contribution in [2.24, 2.45) is 0 Å². The average Bonchev–Trinajstić information content (AvgIpc) is 3.45. The molecule has 0 saturated carbocycles. The van der Waals surface area contributed by atoms with Crippen LogP contribution in [0.2, 0.25) is 0 Å².